The molecule has 156 valence electrons. The zero-order chi connectivity index (χ0) is 20.7. The van der Waals surface area contributed by atoms with Gasteiger partial charge in [-0.15, -0.1) is 11.3 Å². The molecule has 8 heteroatoms. The summed E-state index contributed by atoms with van der Waals surface area (Å²) in [6, 6.07) is 5.58. The van der Waals surface area contributed by atoms with Crippen molar-refractivity contribution in [3.63, 3.8) is 0 Å². The van der Waals surface area contributed by atoms with Crippen LogP contribution in [0.15, 0.2) is 36.0 Å². The molecule has 2 aliphatic rings. The Morgan fingerprint density at radius 3 is 2.73 bits per heavy atom. The van der Waals surface area contributed by atoms with E-state index in [1.54, 1.807) is 0 Å². The number of aliphatic hydroxyl groups is 1. The first-order valence-electron chi connectivity index (χ1n) is 10.4. The van der Waals surface area contributed by atoms with E-state index in [-0.39, 0.29) is 23.8 Å². The van der Waals surface area contributed by atoms with Crippen molar-refractivity contribution in [2.24, 2.45) is 5.92 Å². The van der Waals surface area contributed by atoms with Gasteiger partial charge in [-0.3, -0.25) is 9.59 Å². The second-order valence-electron chi connectivity index (χ2n) is 8.20. The van der Waals surface area contributed by atoms with Gasteiger partial charge in [-0.2, -0.15) is 0 Å². The van der Waals surface area contributed by atoms with Crippen molar-refractivity contribution in [1.82, 2.24) is 14.7 Å². The van der Waals surface area contributed by atoms with E-state index >= 15 is 0 Å². The van der Waals surface area contributed by atoms with Gasteiger partial charge >= 0.3 is 0 Å². The van der Waals surface area contributed by atoms with Crippen LogP contribution in [0.3, 0.4) is 0 Å². The molecular formula is C22H24N4O3S. The van der Waals surface area contributed by atoms with Crippen molar-refractivity contribution in [1.29, 1.82) is 0 Å². The normalized spacial score (nSPS) is 21.5. The van der Waals surface area contributed by atoms with Crippen molar-refractivity contribution in [2.45, 2.75) is 50.7 Å². The van der Waals surface area contributed by atoms with E-state index < -0.39 is 6.10 Å². The van der Waals surface area contributed by atoms with Crippen LogP contribution in [-0.2, 0) is 4.79 Å². The lowest BCUT2D eigenvalue weighted by Gasteiger charge is -2.28. The molecule has 3 aromatic heterocycles. The Hall–Kier alpha value is -2.71. The van der Waals surface area contributed by atoms with E-state index in [0.29, 0.717) is 10.7 Å². The number of carbonyl (C=O) groups is 2. The number of hydrogen-bond donors (Lipinski definition) is 3. The molecule has 7 nitrogen and oxygen atoms in total. The minimum atomic E-state index is -0.458. The molecule has 0 saturated heterocycles. The molecule has 0 radical (unpaired) electrons. The molecule has 0 aromatic carbocycles. The Morgan fingerprint density at radius 1 is 1.10 bits per heavy atom. The number of fused-ring (bicyclic) bond motifs is 1. The van der Waals surface area contributed by atoms with Gasteiger partial charge in [-0.1, -0.05) is 12.8 Å². The number of thiophene rings is 1. The van der Waals surface area contributed by atoms with Crippen LogP contribution < -0.4 is 10.6 Å². The Balaban J connectivity index is 1.31. The van der Waals surface area contributed by atoms with Crippen molar-refractivity contribution >= 4 is 34.6 Å². The second-order valence-corrected chi connectivity index (χ2v) is 9.12. The van der Waals surface area contributed by atoms with Crippen LogP contribution in [0.2, 0.25) is 0 Å². The highest BCUT2D eigenvalue weighted by Crippen LogP contribution is 2.30. The summed E-state index contributed by atoms with van der Waals surface area (Å²) in [5.74, 6) is 0.595. The lowest BCUT2D eigenvalue weighted by Crippen LogP contribution is -2.44. The molecule has 2 fully saturated rings. The summed E-state index contributed by atoms with van der Waals surface area (Å²) in [4.78, 5) is 29.7. The molecule has 0 bridgehead atoms. The summed E-state index contributed by atoms with van der Waals surface area (Å²) in [7, 11) is 0. The molecule has 3 heterocycles. The first kappa shape index (κ1) is 19.3. The number of hydrogen-bond acceptors (Lipinski definition) is 5. The van der Waals surface area contributed by atoms with Crippen LogP contribution >= 0.6 is 11.3 Å². The third kappa shape index (κ3) is 3.97. The molecule has 2 atom stereocenters. The van der Waals surface area contributed by atoms with Crippen LogP contribution in [0, 0.1) is 5.92 Å². The van der Waals surface area contributed by atoms with Crippen molar-refractivity contribution in [2.75, 3.05) is 5.32 Å². The Kier molecular flexibility index (Phi) is 5.04. The van der Waals surface area contributed by atoms with Crippen LogP contribution in [0.1, 0.15) is 48.2 Å². The summed E-state index contributed by atoms with van der Waals surface area (Å²) < 4.78 is 1.88. The van der Waals surface area contributed by atoms with Gasteiger partial charge in [0.25, 0.3) is 5.91 Å². The maximum Gasteiger partial charge on any atom is 0.261 e. The minimum absolute atomic E-state index is 0.0372. The average Bonchev–Trinajstić information content (AvgIpc) is 3.33. The molecule has 2 unspecified atom stereocenters. The number of amides is 2. The number of aliphatic hydroxyl groups excluding tert-OH is 1. The number of imidazole rings is 1. The summed E-state index contributed by atoms with van der Waals surface area (Å²) in [6.45, 7) is 0. The fraction of sp³-hybridized carbons (Fsp3) is 0.409. The van der Waals surface area contributed by atoms with E-state index in [4.69, 9.17) is 0 Å². The minimum Gasteiger partial charge on any atom is -0.391 e. The van der Waals surface area contributed by atoms with Gasteiger partial charge in [-0.25, -0.2) is 4.98 Å². The number of rotatable bonds is 5. The first-order chi connectivity index (χ1) is 14.6. The molecule has 2 saturated carbocycles. The van der Waals surface area contributed by atoms with Gasteiger partial charge in [0.15, 0.2) is 5.82 Å². The predicted molar refractivity (Wildman–Crippen MR) is 116 cm³/mol. The molecule has 0 spiro atoms. The molecule has 2 aliphatic carbocycles. The smallest absolute Gasteiger partial charge is 0.261 e. The average molecular weight is 425 g/mol. The third-order valence-corrected chi connectivity index (χ3v) is 6.78. The third-order valence-electron chi connectivity index (χ3n) is 5.85. The van der Waals surface area contributed by atoms with E-state index in [1.807, 2.05) is 40.4 Å². The lowest BCUT2D eigenvalue weighted by molar-refractivity contribution is -0.117. The predicted octanol–water partition coefficient (Wildman–Crippen LogP) is 3.44. The molecule has 2 amide bonds. The van der Waals surface area contributed by atoms with Crippen molar-refractivity contribution in [3.05, 3.63) is 40.8 Å². The number of pyridine rings is 1. The summed E-state index contributed by atoms with van der Waals surface area (Å²) in [5, 5.41) is 17.9. The van der Waals surface area contributed by atoms with Crippen LogP contribution in [0.25, 0.3) is 16.8 Å². The Morgan fingerprint density at radius 2 is 1.93 bits per heavy atom. The highest BCUT2D eigenvalue weighted by Gasteiger charge is 2.30. The molecule has 30 heavy (non-hydrogen) atoms. The number of aromatic nitrogens is 2. The maximum absolute atomic E-state index is 12.6. The summed E-state index contributed by atoms with van der Waals surface area (Å²) >= 11 is 1.40. The zero-order valence-corrected chi connectivity index (χ0v) is 17.3. The molecule has 3 aromatic rings. The maximum atomic E-state index is 12.6. The van der Waals surface area contributed by atoms with Gasteiger partial charge < -0.3 is 20.1 Å². The summed E-state index contributed by atoms with van der Waals surface area (Å²) in [5.41, 5.74) is 2.67. The SMILES string of the molecule is O=C(NC1CCCCC1O)c1cc(-c2ccc3nc(NC(=O)C4CC4)cn3c2)cs1. The van der Waals surface area contributed by atoms with Gasteiger partial charge in [0.2, 0.25) is 5.91 Å². The second kappa shape index (κ2) is 7.85. The van der Waals surface area contributed by atoms with Crippen LogP contribution in [-0.4, -0.2) is 38.5 Å². The highest BCUT2D eigenvalue weighted by molar-refractivity contribution is 7.12. The van der Waals surface area contributed by atoms with Crippen LogP contribution in [0.5, 0.6) is 0 Å². The number of anilines is 1. The largest absolute Gasteiger partial charge is 0.391 e. The molecule has 0 aliphatic heterocycles. The van der Waals surface area contributed by atoms with Gasteiger partial charge in [0.05, 0.1) is 23.2 Å². The number of nitrogens with zero attached hydrogens (tertiary/aromatic N) is 2. The first-order valence-corrected chi connectivity index (χ1v) is 11.3. The standard InChI is InChI=1S/C22H24N4O3S/c27-17-4-2-1-3-16(17)23-22(29)18-9-15(12-30-18)14-7-8-20-24-19(11-26(20)10-14)25-21(28)13-5-6-13/h7-13,16-17,27H,1-6H2,(H,23,29)(H,25,28). The fourth-order valence-corrected chi connectivity index (χ4v) is 4.74. The molecule has 3 N–H and O–H groups in total. The Labute approximate surface area is 178 Å². The lowest BCUT2D eigenvalue weighted by atomic mass is 9.92. The number of carbonyl (C=O) groups excluding carboxylic acids is 2. The van der Waals surface area contributed by atoms with Gasteiger partial charge in [0.1, 0.15) is 5.65 Å². The van der Waals surface area contributed by atoms with E-state index in [0.717, 1.165) is 55.3 Å². The Bertz CT molecular complexity index is 1100. The quantitative estimate of drug-likeness (QED) is 0.585. The van der Waals surface area contributed by atoms with Gasteiger partial charge in [0, 0.05) is 12.1 Å². The highest BCUT2D eigenvalue weighted by atomic mass is 32.1. The van der Waals surface area contributed by atoms with E-state index in [1.165, 1.54) is 11.3 Å². The summed E-state index contributed by atoms with van der Waals surface area (Å²) in [6.07, 6.45) is 8.82. The van der Waals surface area contributed by atoms with E-state index in [2.05, 4.69) is 15.6 Å². The van der Waals surface area contributed by atoms with Crippen LogP contribution in [0.4, 0.5) is 5.82 Å². The zero-order valence-electron chi connectivity index (χ0n) is 16.5. The van der Waals surface area contributed by atoms with Crippen molar-refractivity contribution < 1.29 is 14.7 Å². The number of nitrogens with one attached hydrogen (secondary N) is 2. The molecular weight excluding hydrogens is 400 g/mol. The van der Waals surface area contributed by atoms with Gasteiger partial charge in [-0.05, 0) is 60.4 Å². The topological polar surface area (TPSA) is 95.7 Å². The molecule has 5 rings (SSSR count). The monoisotopic (exact) mass is 424 g/mol. The fourth-order valence-electron chi connectivity index (χ4n) is 3.92. The van der Waals surface area contributed by atoms with Crippen molar-refractivity contribution in [3.8, 4) is 11.1 Å². The van der Waals surface area contributed by atoms with E-state index in [9.17, 15) is 14.7 Å².